The molecule has 0 amide bonds. The fourth-order valence-corrected chi connectivity index (χ4v) is 6.02. The highest BCUT2D eigenvalue weighted by Crippen LogP contribution is 2.43. The standard InChI is InChI=1S/C48H78NO9P/c1-3-5-7-9-11-13-15-17-19-21-22-23-24-25-26-28-30-32-34-36-38-40-47(50)58-45(43-56-59(53,54)57-44-46(49)48(51)52)42-55-41-39-37-35-33-31-29-27-20-18-16-14-12-10-8-6-4-2/h5-8,11-14,17-20,22-23,29,31,35,37,45-46H,3-4,9-10,15-16,21,24-28,30,32-34,36,38-44,49H2,1-2H3,(H,51,52)(H,53,54)/b7-5-,8-6-,13-11-,14-12-,19-17-,20-18-,23-22-,31-29-,37-35-. The summed E-state index contributed by atoms with van der Waals surface area (Å²) >= 11 is 0. The Morgan fingerprint density at radius 3 is 1.39 bits per heavy atom. The number of ether oxygens (including phenoxy) is 2. The third-order valence-corrected chi connectivity index (χ3v) is 9.52. The highest BCUT2D eigenvalue weighted by molar-refractivity contribution is 7.47. The topological polar surface area (TPSA) is 155 Å². The van der Waals surface area contributed by atoms with Gasteiger partial charge in [0.25, 0.3) is 0 Å². The van der Waals surface area contributed by atoms with Gasteiger partial charge in [0.1, 0.15) is 12.1 Å². The lowest BCUT2D eigenvalue weighted by Gasteiger charge is -2.20. The van der Waals surface area contributed by atoms with Crippen LogP contribution in [0, 0.1) is 0 Å². The lowest BCUT2D eigenvalue weighted by molar-refractivity contribution is -0.154. The molecular weight excluding hydrogens is 765 g/mol. The summed E-state index contributed by atoms with van der Waals surface area (Å²) in [7, 11) is -4.65. The molecule has 4 N–H and O–H groups in total. The quantitative estimate of drug-likeness (QED) is 0.0235. The van der Waals surface area contributed by atoms with Crippen LogP contribution in [0.2, 0.25) is 0 Å². The Labute approximate surface area is 357 Å². The summed E-state index contributed by atoms with van der Waals surface area (Å²) < 4.78 is 33.2. The van der Waals surface area contributed by atoms with E-state index in [1.165, 1.54) is 25.7 Å². The Morgan fingerprint density at radius 2 is 0.932 bits per heavy atom. The molecule has 334 valence electrons. The number of carboxylic acids is 1. The van der Waals surface area contributed by atoms with E-state index in [4.69, 9.17) is 29.4 Å². The molecule has 59 heavy (non-hydrogen) atoms. The number of carbonyl (C=O) groups is 2. The van der Waals surface area contributed by atoms with Crippen LogP contribution in [0.25, 0.3) is 0 Å². The minimum absolute atomic E-state index is 0.0482. The third kappa shape index (κ3) is 42.6. The number of esters is 1. The molecule has 0 aromatic carbocycles. The maximum Gasteiger partial charge on any atom is 0.472 e. The van der Waals surface area contributed by atoms with E-state index in [9.17, 15) is 19.0 Å². The molecule has 0 fully saturated rings. The highest BCUT2D eigenvalue weighted by Gasteiger charge is 2.27. The zero-order valence-electron chi connectivity index (χ0n) is 36.3. The second-order valence-corrected chi connectivity index (χ2v) is 15.5. The molecule has 0 aromatic rings. The van der Waals surface area contributed by atoms with Gasteiger partial charge in [-0.25, -0.2) is 4.57 Å². The van der Waals surface area contributed by atoms with E-state index >= 15 is 0 Å². The van der Waals surface area contributed by atoms with Crippen LogP contribution < -0.4 is 5.73 Å². The molecule has 0 aliphatic heterocycles. The summed E-state index contributed by atoms with van der Waals surface area (Å²) in [6.45, 7) is 3.39. The van der Waals surface area contributed by atoms with Crippen LogP contribution >= 0.6 is 7.82 Å². The number of aliphatic carboxylic acids is 1. The average Bonchev–Trinajstić information content (AvgIpc) is 3.21. The fourth-order valence-electron chi connectivity index (χ4n) is 5.25. The Hall–Kier alpha value is -3.37. The van der Waals surface area contributed by atoms with Crippen LogP contribution in [0.1, 0.15) is 142 Å². The molecule has 0 heterocycles. The second kappa shape index (κ2) is 42.7. The molecule has 0 aromatic heterocycles. The van der Waals surface area contributed by atoms with Crippen molar-refractivity contribution in [2.45, 2.75) is 154 Å². The van der Waals surface area contributed by atoms with Gasteiger partial charge in [-0.05, 0) is 83.5 Å². The first-order valence-corrected chi connectivity index (χ1v) is 23.4. The van der Waals surface area contributed by atoms with Crippen molar-refractivity contribution in [3.8, 4) is 0 Å². The van der Waals surface area contributed by atoms with Crippen molar-refractivity contribution >= 4 is 19.8 Å². The lowest BCUT2D eigenvalue weighted by Crippen LogP contribution is -2.34. The Bertz CT molecular complexity index is 1350. The predicted octanol–water partition coefficient (Wildman–Crippen LogP) is 12.3. The summed E-state index contributed by atoms with van der Waals surface area (Å²) in [4.78, 5) is 33.6. The monoisotopic (exact) mass is 844 g/mol. The average molecular weight is 844 g/mol. The number of hydrogen-bond donors (Lipinski definition) is 3. The van der Waals surface area contributed by atoms with Crippen LogP contribution in [0.5, 0.6) is 0 Å². The zero-order chi connectivity index (χ0) is 43.3. The van der Waals surface area contributed by atoms with E-state index in [2.05, 4.69) is 111 Å². The van der Waals surface area contributed by atoms with Gasteiger partial charge in [-0.2, -0.15) is 0 Å². The summed E-state index contributed by atoms with van der Waals surface area (Å²) in [5.41, 5.74) is 5.35. The van der Waals surface area contributed by atoms with Gasteiger partial charge in [0, 0.05) is 6.42 Å². The van der Waals surface area contributed by atoms with Crippen molar-refractivity contribution < 1.29 is 42.7 Å². The molecule has 11 heteroatoms. The number of allylic oxidation sites excluding steroid dienone is 17. The van der Waals surface area contributed by atoms with Gasteiger partial charge in [0.05, 0.1) is 26.4 Å². The first-order chi connectivity index (χ1) is 28.7. The molecule has 0 spiro atoms. The van der Waals surface area contributed by atoms with E-state index in [-0.39, 0.29) is 13.0 Å². The molecule has 0 saturated carbocycles. The van der Waals surface area contributed by atoms with Gasteiger partial charge in [-0.1, -0.05) is 162 Å². The molecule has 0 aliphatic carbocycles. The van der Waals surface area contributed by atoms with Gasteiger partial charge >= 0.3 is 19.8 Å². The van der Waals surface area contributed by atoms with Crippen LogP contribution in [-0.4, -0.2) is 60.5 Å². The van der Waals surface area contributed by atoms with Crippen molar-refractivity contribution in [3.63, 3.8) is 0 Å². The molecular formula is C48H78NO9P. The fraction of sp³-hybridized carbons (Fsp3) is 0.583. The normalized spacial score (nSPS) is 14.9. The molecule has 0 rings (SSSR count). The Morgan fingerprint density at radius 1 is 0.542 bits per heavy atom. The molecule has 0 radical (unpaired) electrons. The molecule has 10 nitrogen and oxygen atoms in total. The maximum atomic E-state index is 12.6. The van der Waals surface area contributed by atoms with Gasteiger partial charge in [-0.15, -0.1) is 0 Å². The minimum Gasteiger partial charge on any atom is -0.480 e. The zero-order valence-corrected chi connectivity index (χ0v) is 37.2. The van der Waals surface area contributed by atoms with Gasteiger partial charge in [0.15, 0.2) is 0 Å². The van der Waals surface area contributed by atoms with Crippen LogP contribution in [0.3, 0.4) is 0 Å². The first kappa shape index (κ1) is 55.6. The van der Waals surface area contributed by atoms with Gasteiger partial charge < -0.3 is 25.2 Å². The summed E-state index contributed by atoms with van der Waals surface area (Å²) in [5.74, 6) is -1.83. The molecule has 0 aliphatic rings. The largest absolute Gasteiger partial charge is 0.480 e. The van der Waals surface area contributed by atoms with Gasteiger partial charge in [0.2, 0.25) is 0 Å². The Balaban J connectivity index is 4.36. The molecule has 3 unspecified atom stereocenters. The Kier molecular flexibility index (Phi) is 40.3. The van der Waals surface area contributed by atoms with E-state index in [1.54, 1.807) is 0 Å². The number of carboxylic acid groups (broad SMARTS) is 1. The molecule has 0 saturated heterocycles. The van der Waals surface area contributed by atoms with Crippen molar-refractivity contribution in [3.05, 3.63) is 109 Å². The van der Waals surface area contributed by atoms with Crippen LogP contribution in [0.4, 0.5) is 0 Å². The summed E-state index contributed by atoms with van der Waals surface area (Å²) in [6.07, 6.45) is 57.3. The first-order valence-electron chi connectivity index (χ1n) is 21.9. The van der Waals surface area contributed by atoms with Crippen LogP contribution in [0.15, 0.2) is 109 Å². The molecule has 0 bridgehead atoms. The van der Waals surface area contributed by atoms with E-state index in [0.717, 1.165) is 83.5 Å². The predicted molar refractivity (Wildman–Crippen MR) is 244 cm³/mol. The number of phosphoric acid groups is 1. The van der Waals surface area contributed by atoms with E-state index < -0.39 is 45.1 Å². The van der Waals surface area contributed by atoms with Crippen molar-refractivity contribution in [2.24, 2.45) is 5.73 Å². The smallest absolute Gasteiger partial charge is 0.472 e. The number of hydrogen-bond acceptors (Lipinski definition) is 8. The van der Waals surface area contributed by atoms with Crippen molar-refractivity contribution in [2.75, 3.05) is 26.4 Å². The lowest BCUT2D eigenvalue weighted by atomic mass is 10.1. The summed E-state index contributed by atoms with van der Waals surface area (Å²) in [6, 6.07) is -1.49. The van der Waals surface area contributed by atoms with E-state index in [1.807, 2.05) is 12.2 Å². The second-order valence-electron chi connectivity index (χ2n) is 14.1. The number of carbonyl (C=O) groups excluding carboxylic acids is 1. The SMILES string of the molecule is CC/C=C\C/C=C\C/C=C\C/C=C\C/C=C\CCOCC(COP(=O)(O)OCC(N)C(=O)O)OC(=O)CCCCCCCCCC/C=C\C/C=C\C/C=C\C/C=C\CC. The molecule has 3 atom stereocenters. The highest BCUT2D eigenvalue weighted by atomic mass is 31.2. The van der Waals surface area contributed by atoms with Crippen molar-refractivity contribution in [1.82, 2.24) is 0 Å². The number of rotatable bonds is 40. The van der Waals surface area contributed by atoms with Crippen LogP contribution in [-0.2, 0) is 32.7 Å². The number of unbranched alkanes of at least 4 members (excludes halogenated alkanes) is 8. The number of phosphoric ester groups is 1. The maximum absolute atomic E-state index is 12.6. The van der Waals surface area contributed by atoms with Gasteiger partial charge in [-0.3, -0.25) is 18.6 Å². The third-order valence-electron chi connectivity index (χ3n) is 8.57. The van der Waals surface area contributed by atoms with E-state index in [0.29, 0.717) is 19.4 Å². The minimum atomic E-state index is -4.65. The number of nitrogens with two attached hydrogens (primary N) is 1. The van der Waals surface area contributed by atoms with Crippen molar-refractivity contribution in [1.29, 1.82) is 0 Å². The summed E-state index contributed by atoms with van der Waals surface area (Å²) in [5, 5.41) is 8.90.